The molecule has 1 aromatic carbocycles. The van der Waals surface area contributed by atoms with Crippen molar-refractivity contribution < 1.29 is 8.42 Å². The molecular formula is C16H26N2O2S. The SMILES string of the molecule is CCCNS(=O)(=O)c1ccc(NC2CCCCC2C)cc1. The molecule has 2 N–H and O–H groups in total. The molecule has 0 bridgehead atoms. The third-order valence-electron chi connectivity index (χ3n) is 4.17. The monoisotopic (exact) mass is 310 g/mol. The van der Waals surface area contributed by atoms with Crippen LogP contribution in [0, 0.1) is 5.92 Å². The number of benzene rings is 1. The van der Waals surface area contributed by atoms with Crippen molar-refractivity contribution in [3.63, 3.8) is 0 Å². The second kappa shape index (κ2) is 7.27. The van der Waals surface area contributed by atoms with Crippen LogP contribution in [0.3, 0.4) is 0 Å². The molecule has 1 fully saturated rings. The van der Waals surface area contributed by atoms with E-state index in [1.807, 2.05) is 19.1 Å². The zero-order valence-corrected chi connectivity index (χ0v) is 13.7. The Morgan fingerprint density at radius 3 is 2.43 bits per heavy atom. The molecule has 1 aliphatic carbocycles. The molecule has 118 valence electrons. The topological polar surface area (TPSA) is 58.2 Å². The highest BCUT2D eigenvalue weighted by atomic mass is 32.2. The van der Waals surface area contributed by atoms with Crippen LogP contribution in [0.4, 0.5) is 5.69 Å². The van der Waals surface area contributed by atoms with Gasteiger partial charge in [-0.1, -0.05) is 26.7 Å². The third-order valence-corrected chi connectivity index (χ3v) is 5.65. The summed E-state index contributed by atoms with van der Waals surface area (Å²) < 4.78 is 26.6. The van der Waals surface area contributed by atoms with E-state index in [-0.39, 0.29) is 0 Å². The Kier molecular flexibility index (Phi) is 5.65. The normalized spacial score (nSPS) is 23.0. The van der Waals surface area contributed by atoms with Crippen molar-refractivity contribution in [1.82, 2.24) is 4.72 Å². The van der Waals surface area contributed by atoms with Crippen LogP contribution < -0.4 is 10.0 Å². The number of rotatable bonds is 6. The third kappa shape index (κ3) is 4.45. The first-order chi connectivity index (χ1) is 10.0. The van der Waals surface area contributed by atoms with Crippen LogP contribution >= 0.6 is 0 Å². The Balaban J connectivity index is 2.01. The molecule has 2 atom stereocenters. The van der Waals surface area contributed by atoms with Gasteiger partial charge in [-0.05, 0) is 49.4 Å². The lowest BCUT2D eigenvalue weighted by Crippen LogP contribution is -2.30. The van der Waals surface area contributed by atoms with Crippen molar-refractivity contribution in [2.75, 3.05) is 11.9 Å². The van der Waals surface area contributed by atoms with E-state index in [0.29, 0.717) is 23.4 Å². The summed E-state index contributed by atoms with van der Waals surface area (Å²) in [6, 6.07) is 7.57. The van der Waals surface area contributed by atoms with Crippen LogP contribution in [0.25, 0.3) is 0 Å². The van der Waals surface area contributed by atoms with E-state index in [1.54, 1.807) is 12.1 Å². The fraction of sp³-hybridized carbons (Fsp3) is 0.625. The molecule has 1 aromatic rings. The first-order valence-corrected chi connectivity index (χ1v) is 9.37. The van der Waals surface area contributed by atoms with E-state index in [9.17, 15) is 8.42 Å². The number of anilines is 1. The van der Waals surface area contributed by atoms with Gasteiger partial charge in [0, 0.05) is 18.3 Å². The first kappa shape index (κ1) is 16.3. The van der Waals surface area contributed by atoms with Gasteiger partial charge in [0.15, 0.2) is 0 Å². The maximum atomic E-state index is 12.0. The smallest absolute Gasteiger partial charge is 0.240 e. The first-order valence-electron chi connectivity index (χ1n) is 7.89. The van der Waals surface area contributed by atoms with E-state index < -0.39 is 10.0 Å². The molecule has 2 rings (SSSR count). The Morgan fingerprint density at radius 1 is 1.14 bits per heavy atom. The van der Waals surface area contributed by atoms with Crippen molar-refractivity contribution in [2.24, 2.45) is 5.92 Å². The molecule has 4 nitrogen and oxygen atoms in total. The summed E-state index contributed by atoms with van der Waals surface area (Å²) >= 11 is 0. The molecule has 0 aromatic heterocycles. The predicted molar refractivity (Wildman–Crippen MR) is 87.0 cm³/mol. The standard InChI is InChI=1S/C16H26N2O2S/c1-3-12-17-21(19,20)15-10-8-14(9-11-15)18-16-7-5-4-6-13(16)2/h8-11,13,16-18H,3-7,12H2,1-2H3. The fourth-order valence-electron chi connectivity index (χ4n) is 2.79. The lowest BCUT2D eigenvalue weighted by Gasteiger charge is -2.30. The molecule has 21 heavy (non-hydrogen) atoms. The maximum absolute atomic E-state index is 12.0. The summed E-state index contributed by atoms with van der Waals surface area (Å²) in [5, 5.41) is 3.54. The summed E-state index contributed by atoms with van der Waals surface area (Å²) in [6.07, 6.45) is 5.85. The van der Waals surface area contributed by atoms with Crippen LogP contribution in [0.1, 0.15) is 46.0 Å². The van der Waals surface area contributed by atoms with Crippen LogP contribution in [0.15, 0.2) is 29.2 Å². The van der Waals surface area contributed by atoms with Crippen molar-refractivity contribution in [2.45, 2.75) is 56.9 Å². The molecule has 0 spiro atoms. The van der Waals surface area contributed by atoms with Crippen LogP contribution in [0.5, 0.6) is 0 Å². The van der Waals surface area contributed by atoms with E-state index in [2.05, 4.69) is 17.0 Å². The number of hydrogen-bond donors (Lipinski definition) is 2. The summed E-state index contributed by atoms with van der Waals surface area (Å²) in [4.78, 5) is 0.332. The van der Waals surface area contributed by atoms with Gasteiger partial charge < -0.3 is 5.32 Å². The zero-order valence-electron chi connectivity index (χ0n) is 12.9. The summed E-state index contributed by atoms with van der Waals surface area (Å²) in [5.41, 5.74) is 1.00. The average Bonchev–Trinajstić information content (AvgIpc) is 2.48. The minimum Gasteiger partial charge on any atom is -0.382 e. The Morgan fingerprint density at radius 2 is 1.81 bits per heavy atom. The van der Waals surface area contributed by atoms with Crippen LogP contribution in [0.2, 0.25) is 0 Å². The summed E-state index contributed by atoms with van der Waals surface area (Å²) in [5.74, 6) is 0.674. The minimum atomic E-state index is -3.36. The number of sulfonamides is 1. The average molecular weight is 310 g/mol. The van der Waals surface area contributed by atoms with Gasteiger partial charge in [-0.2, -0.15) is 0 Å². The highest BCUT2D eigenvalue weighted by Gasteiger charge is 2.21. The van der Waals surface area contributed by atoms with E-state index >= 15 is 0 Å². The van der Waals surface area contributed by atoms with E-state index in [4.69, 9.17) is 0 Å². The van der Waals surface area contributed by atoms with Gasteiger partial charge in [0.25, 0.3) is 0 Å². The molecule has 0 amide bonds. The Hall–Kier alpha value is -1.07. The van der Waals surface area contributed by atoms with Crippen molar-refractivity contribution >= 4 is 15.7 Å². The lowest BCUT2D eigenvalue weighted by atomic mass is 9.86. The molecular weight excluding hydrogens is 284 g/mol. The highest BCUT2D eigenvalue weighted by molar-refractivity contribution is 7.89. The molecule has 0 aliphatic heterocycles. The maximum Gasteiger partial charge on any atom is 0.240 e. The molecule has 2 unspecified atom stereocenters. The van der Waals surface area contributed by atoms with Gasteiger partial charge in [-0.15, -0.1) is 0 Å². The Labute approximate surface area is 128 Å². The van der Waals surface area contributed by atoms with Crippen molar-refractivity contribution in [3.8, 4) is 0 Å². The Bertz CT molecular complexity index is 540. The molecule has 0 saturated heterocycles. The van der Waals surface area contributed by atoms with Gasteiger partial charge in [-0.3, -0.25) is 0 Å². The quantitative estimate of drug-likeness (QED) is 0.847. The highest BCUT2D eigenvalue weighted by Crippen LogP contribution is 2.27. The van der Waals surface area contributed by atoms with Gasteiger partial charge in [0.05, 0.1) is 4.90 Å². The van der Waals surface area contributed by atoms with Crippen molar-refractivity contribution in [1.29, 1.82) is 0 Å². The summed E-state index contributed by atoms with van der Waals surface area (Å²) in [7, 11) is -3.36. The molecule has 0 heterocycles. The van der Waals surface area contributed by atoms with Gasteiger partial charge in [-0.25, -0.2) is 13.1 Å². The molecule has 1 saturated carbocycles. The number of hydrogen-bond acceptors (Lipinski definition) is 3. The number of nitrogens with one attached hydrogen (secondary N) is 2. The van der Waals surface area contributed by atoms with E-state index in [0.717, 1.165) is 12.1 Å². The lowest BCUT2D eigenvalue weighted by molar-refractivity contribution is 0.349. The summed E-state index contributed by atoms with van der Waals surface area (Å²) in [6.45, 7) is 4.70. The van der Waals surface area contributed by atoms with Crippen LogP contribution in [-0.2, 0) is 10.0 Å². The fourth-order valence-corrected chi connectivity index (χ4v) is 3.93. The zero-order chi connectivity index (χ0) is 15.3. The van der Waals surface area contributed by atoms with Gasteiger partial charge in [0.1, 0.15) is 0 Å². The molecule has 0 radical (unpaired) electrons. The molecule has 1 aliphatic rings. The second-order valence-electron chi connectivity index (χ2n) is 5.93. The van der Waals surface area contributed by atoms with Crippen LogP contribution in [-0.4, -0.2) is 21.0 Å². The van der Waals surface area contributed by atoms with Gasteiger partial charge in [0.2, 0.25) is 10.0 Å². The minimum absolute atomic E-state index is 0.332. The second-order valence-corrected chi connectivity index (χ2v) is 7.70. The van der Waals surface area contributed by atoms with E-state index in [1.165, 1.54) is 25.7 Å². The predicted octanol–water partition coefficient (Wildman–Crippen LogP) is 3.37. The van der Waals surface area contributed by atoms with Gasteiger partial charge >= 0.3 is 0 Å². The van der Waals surface area contributed by atoms with Crippen molar-refractivity contribution in [3.05, 3.63) is 24.3 Å². The molecule has 5 heteroatoms. The largest absolute Gasteiger partial charge is 0.382 e.